The molecule has 0 atom stereocenters. The summed E-state index contributed by atoms with van der Waals surface area (Å²) in [7, 11) is 1.49. The molecule has 0 bridgehead atoms. The minimum Gasteiger partial charge on any atom is -0.352 e. The Morgan fingerprint density at radius 3 is 2.52 bits per heavy atom. The highest BCUT2D eigenvalue weighted by Crippen LogP contribution is 2.32. The molecule has 0 fully saturated rings. The van der Waals surface area contributed by atoms with Crippen molar-refractivity contribution < 1.29 is 17.6 Å². The minimum atomic E-state index is -4.61. The number of halogens is 5. The van der Waals surface area contributed by atoms with E-state index in [1.807, 2.05) is 0 Å². The number of rotatable bonds is 4. The van der Waals surface area contributed by atoms with Gasteiger partial charge in [0.05, 0.1) is 5.56 Å². The normalized spacial score (nSPS) is 12.2. The van der Waals surface area contributed by atoms with E-state index >= 15 is 0 Å². The maximum atomic E-state index is 13.0. The summed E-state index contributed by atoms with van der Waals surface area (Å²) in [6.07, 6.45) is -4.61. The van der Waals surface area contributed by atoms with Crippen molar-refractivity contribution in [2.24, 2.45) is 4.99 Å². The van der Waals surface area contributed by atoms with Gasteiger partial charge in [-0.1, -0.05) is 28.6 Å². The van der Waals surface area contributed by atoms with E-state index in [1.54, 1.807) is 0 Å². The summed E-state index contributed by atoms with van der Waals surface area (Å²) in [5, 5.41) is 5.57. The van der Waals surface area contributed by atoms with Crippen LogP contribution in [0.25, 0.3) is 0 Å². The van der Waals surface area contributed by atoms with Gasteiger partial charge in [-0.2, -0.15) is 13.2 Å². The van der Waals surface area contributed by atoms with E-state index < -0.39 is 17.6 Å². The Hall–Kier alpha value is -1.57. The molecule has 8 heteroatoms. The zero-order valence-electron chi connectivity index (χ0n) is 11.2. The summed E-state index contributed by atoms with van der Waals surface area (Å²) < 4.78 is 52.1. The lowest BCUT2D eigenvalue weighted by molar-refractivity contribution is -0.138. The third kappa shape index (κ3) is 5.74. The molecule has 21 heavy (non-hydrogen) atoms. The van der Waals surface area contributed by atoms with Gasteiger partial charge in [0.1, 0.15) is 5.82 Å². The third-order valence-corrected chi connectivity index (χ3v) is 2.78. The zero-order valence-corrected chi connectivity index (χ0v) is 12.8. The summed E-state index contributed by atoms with van der Waals surface area (Å²) in [4.78, 5) is 3.86. The first-order chi connectivity index (χ1) is 9.74. The van der Waals surface area contributed by atoms with Crippen LogP contribution < -0.4 is 10.6 Å². The highest BCUT2D eigenvalue weighted by Gasteiger charge is 2.33. The second-order valence-corrected chi connectivity index (χ2v) is 5.22. The van der Waals surface area contributed by atoms with Crippen molar-refractivity contribution >= 4 is 21.9 Å². The first-order valence-corrected chi connectivity index (χ1v) is 6.66. The molecule has 0 spiro atoms. The van der Waals surface area contributed by atoms with Crippen molar-refractivity contribution in [2.45, 2.75) is 12.7 Å². The molecule has 0 amide bonds. The van der Waals surface area contributed by atoms with Crippen LogP contribution in [-0.4, -0.2) is 19.6 Å². The topological polar surface area (TPSA) is 36.4 Å². The number of nitrogens with zero attached hydrogens (tertiary/aromatic N) is 1. The van der Waals surface area contributed by atoms with Crippen molar-refractivity contribution in [1.29, 1.82) is 0 Å². The molecule has 0 radical (unpaired) electrons. The molecule has 1 aromatic rings. The largest absolute Gasteiger partial charge is 0.416 e. The van der Waals surface area contributed by atoms with Crippen molar-refractivity contribution in [2.75, 3.05) is 13.6 Å². The number of benzene rings is 1. The van der Waals surface area contributed by atoms with Gasteiger partial charge in [-0.15, -0.1) is 0 Å². The van der Waals surface area contributed by atoms with E-state index in [9.17, 15) is 17.6 Å². The van der Waals surface area contributed by atoms with Gasteiger partial charge in [0.25, 0.3) is 0 Å². The smallest absolute Gasteiger partial charge is 0.352 e. The fourth-order valence-corrected chi connectivity index (χ4v) is 1.69. The van der Waals surface area contributed by atoms with Gasteiger partial charge >= 0.3 is 6.18 Å². The van der Waals surface area contributed by atoms with Crippen LogP contribution in [0.15, 0.2) is 34.3 Å². The van der Waals surface area contributed by atoms with Crippen LogP contribution in [0.5, 0.6) is 0 Å². The molecule has 0 unspecified atom stereocenters. The number of aliphatic imine (C=N–C) groups is 1. The van der Waals surface area contributed by atoms with Gasteiger partial charge in [0.15, 0.2) is 5.96 Å². The highest BCUT2D eigenvalue weighted by molar-refractivity contribution is 9.11. The fraction of sp³-hybridized carbons (Fsp3) is 0.308. The summed E-state index contributed by atoms with van der Waals surface area (Å²) in [5.41, 5.74) is -1.07. The van der Waals surface area contributed by atoms with E-state index in [4.69, 9.17) is 0 Å². The quantitative estimate of drug-likeness (QED) is 0.486. The molecule has 0 aromatic heterocycles. The van der Waals surface area contributed by atoms with Gasteiger partial charge in [-0.25, -0.2) is 4.39 Å². The molecule has 0 aliphatic rings. The molecular formula is C13H14BrF4N3. The molecule has 0 saturated carbocycles. The Labute approximate surface area is 128 Å². The van der Waals surface area contributed by atoms with Crippen molar-refractivity contribution in [3.8, 4) is 0 Å². The molecule has 0 saturated heterocycles. The molecule has 0 heterocycles. The van der Waals surface area contributed by atoms with Crippen LogP contribution in [-0.2, 0) is 12.7 Å². The molecule has 1 aromatic carbocycles. The lowest BCUT2D eigenvalue weighted by atomic mass is 10.1. The van der Waals surface area contributed by atoms with Crippen molar-refractivity contribution in [3.63, 3.8) is 0 Å². The number of hydrogen-bond acceptors (Lipinski definition) is 1. The Morgan fingerprint density at radius 1 is 1.33 bits per heavy atom. The summed E-state index contributed by atoms with van der Waals surface area (Å²) in [5.74, 6) is -0.614. The lowest BCUT2D eigenvalue weighted by Crippen LogP contribution is -2.37. The predicted molar refractivity (Wildman–Crippen MR) is 77.7 cm³/mol. The maximum Gasteiger partial charge on any atom is 0.416 e. The first kappa shape index (κ1) is 17.5. The van der Waals surface area contributed by atoms with Crippen molar-refractivity contribution in [1.82, 2.24) is 10.6 Å². The van der Waals surface area contributed by atoms with Crippen LogP contribution in [0.2, 0.25) is 0 Å². The number of nitrogens with one attached hydrogen (secondary N) is 2. The van der Waals surface area contributed by atoms with Gasteiger partial charge in [-0.3, -0.25) is 4.99 Å². The number of alkyl halides is 3. The molecule has 116 valence electrons. The van der Waals surface area contributed by atoms with Crippen LogP contribution in [0.4, 0.5) is 17.6 Å². The average Bonchev–Trinajstić information content (AvgIpc) is 2.38. The Kier molecular flexibility index (Phi) is 6.19. The highest BCUT2D eigenvalue weighted by atomic mass is 79.9. The van der Waals surface area contributed by atoms with Gasteiger partial charge in [0, 0.05) is 24.6 Å². The molecule has 0 aliphatic heterocycles. The van der Waals surface area contributed by atoms with Gasteiger partial charge in [-0.05, 0) is 17.7 Å². The van der Waals surface area contributed by atoms with Gasteiger partial charge in [0.2, 0.25) is 0 Å². The van der Waals surface area contributed by atoms with Crippen LogP contribution in [0.1, 0.15) is 11.1 Å². The standard InChI is InChI=1S/C13H14BrF4N3/c1-8(14)6-20-12(19-2)21-7-9-3-4-10(15)5-11(9)13(16,17)18/h3-5H,1,6-7H2,2H3,(H2,19,20,21). The second kappa shape index (κ2) is 7.44. The molecule has 3 nitrogen and oxygen atoms in total. The molecule has 1 rings (SSSR count). The molecule has 2 N–H and O–H groups in total. The molecular weight excluding hydrogens is 354 g/mol. The van der Waals surface area contributed by atoms with Crippen LogP contribution in [0.3, 0.4) is 0 Å². The van der Waals surface area contributed by atoms with E-state index in [0.29, 0.717) is 23.1 Å². The third-order valence-electron chi connectivity index (χ3n) is 2.49. The SMILES string of the molecule is C=C(Br)CNC(=NC)NCc1ccc(F)cc1C(F)(F)F. The van der Waals surface area contributed by atoms with Crippen LogP contribution in [0, 0.1) is 5.82 Å². The van der Waals surface area contributed by atoms with E-state index in [1.165, 1.54) is 7.05 Å². The van der Waals surface area contributed by atoms with E-state index in [2.05, 4.69) is 38.1 Å². The van der Waals surface area contributed by atoms with Gasteiger partial charge < -0.3 is 10.6 Å². The predicted octanol–water partition coefficient (Wildman–Crippen LogP) is 3.42. The van der Waals surface area contributed by atoms with Crippen LogP contribution >= 0.6 is 15.9 Å². The summed E-state index contributed by atoms with van der Waals surface area (Å²) >= 11 is 3.14. The van der Waals surface area contributed by atoms with E-state index in [-0.39, 0.29) is 12.1 Å². The Morgan fingerprint density at radius 2 is 2.00 bits per heavy atom. The Balaban J connectivity index is 2.81. The summed E-state index contributed by atoms with van der Waals surface area (Å²) in [6.45, 7) is 3.85. The minimum absolute atomic E-state index is 0.0653. The summed E-state index contributed by atoms with van der Waals surface area (Å²) in [6, 6.07) is 2.57. The monoisotopic (exact) mass is 367 g/mol. The zero-order chi connectivity index (χ0) is 16.0. The maximum absolute atomic E-state index is 13.0. The first-order valence-electron chi connectivity index (χ1n) is 5.87. The Bertz CT molecular complexity index is 541. The number of guanidine groups is 1. The molecule has 0 aliphatic carbocycles. The number of hydrogen-bond donors (Lipinski definition) is 2. The van der Waals surface area contributed by atoms with Crippen molar-refractivity contribution in [3.05, 3.63) is 46.2 Å². The fourth-order valence-electron chi connectivity index (χ4n) is 1.55. The van der Waals surface area contributed by atoms with E-state index in [0.717, 1.165) is 12.1 Å². The second-order valence-electron chi connectivity index (χ2n) is 4.10. The average molecular weight is 368 g/mol. The lowest BCUT2D eigenvalue weighted by Gasteiger charge is -2.15.